The van der Waals surface area contributed by atoms with Crippen LogP contribution in [0.1, 0.15) is 25.7 Å². The first-order chi connectivity index (χ1) is 5.80. The zero-order valence-corrected chi connectivity index (χ0v) is 11.1. The standard InChI is InChI=1S/C6H12N2.CH4O3S.Pt/c7-5-3-1-2-4-6(5)8;1-5(2,3)4;/h5-8H,1-4H2;1H3,(H,2,3,4);/q-2;;+2. The minimum Gasteiger partial charge on any atom is -0.676 e. The van der Waals surface area contributed by atoms with Gasteiger partial charge in [-0.2, -0.15) is 20.5 Å². The minimum atomic E-state index is -3.67. The second-order valence-corrected chi connectivity index (χ2v) is 4.70. The molecule has 7 heteroatoms. The summed E-state index contributed by atoms with van der Waals surface area (Å²) >= 11 is 0. The van der Waals surface area contributed by atoms with Gasteiger partial charge in [-0.25, -0.2) is 0 Å². The van der Waals surface area contributed by atoms with Gasteiger partial charge < -0.3 is 11.5 Å². The third-order valence-corrected chi connectivity index (χ3v) is 1.77. The van der Waals surface area contributed by atoms with E-state index in [-0.39, 0.29) is 33.1 Å². The number of nitrogens with one attached hydrogen (secondary N) is 2. The molecular weight excluding hydrogens is 387 g/mol. The summed E-state index contributed by atoms with van der Waals surface area (Å²) < 4.78 is 25.9. The van der Waals surface area contributed by atoms with Crippen LogP contribution >= 0.6 is 0 Å². The monoisotopic (exact) mass is 403 g/mol. The van der Waals surface area contributed by atoms with Crippen molar-refractivity contribution in [3.8, 4) is 0 Å². The predicted octanol–water partition coefficient (Wildman–Crippen LogP) is 1.90. The van der Waals surface area contributed by atoms with Crippen LogP contribution in [0, 0.1) is 0 Å². The normalized spacial score (nSPS) is 26.9. The van der Waals surface area contributed by atoms with Gasteiger partial charge in [0.05, 0.1) is 6.26 Å². The van der Waals surface area contributed by atoms with Crippen molar-refractivity contribution >= 4 is 10.1 Å². The van der Waals surface area contributed by atoms with Crippen LogP contribution in [0.25, 0.3) is 11.5 Å². The molecule has 14 heavy (non-hydrogen) atoms. The first-order valence-electron chi connectivity index (χ1n) is 4.15. The largest absolute Gasteiger partial charge is 2.00 e. The van der Waals surface area contributed by atoms with Crippen LogP contribution in [0.15, 0.2) is 0 Å². The van der Waals surface area contributed by atoms with Gasteiger partial charge in [0.2, 0.25) is 0 Å². The van der Waals surface area contributed by atoms with Gasteiger partial charge in [-0.05, 0) is 0 Å². The molecule has 0 aromatic heterocycles. The Morgan fingerprint density at radius 2 is 1.36 bits per heavy atom. The third-order valence-electron chi connectivity index (χ3n) is 1.77. The Bertz CT molecular complexity index is 215. The van der Waals surface area contributed by atoms with E-state index < -0.39 is 10.1 Å². The van der Waals surface area contributed by atoms with E-state index in [1.54, 1.807) is 0 Å². The Kier molecular flexibility index (Phi) is 9.39. The van der Waals surface area contributed by atoms with Crippen LogP contribution in [0.4, 0.5) is 0 Å². The quantitative estimate of drug-likeness (QED) is 0.625. The van der Waals surface area contributed by atoms with E-state index in [2.05, 4.69) is 0 Å². The molecular formula is C7H16N2O3PtS. The topological polar surface area (TPSA) is 102 Å². The van der Waals surface area contributed by atoms with E-state index in [0.717, 1.165) is 12.8 Å². The fourth-order valence-corrected chi connectivity index (χ4v) is 1.13. The molecule has 0 spiro atoms. The first-order valence-corrected chi connectivity index (χ1v) is 6.00. The minimum absolute atomic E-state index is 0. The van der Waals surface area contributed by atoms with Crippen LogP contribution in [0.3, 0.4) is 0 Å². The smallest absolute Gasteiger partial charge is 0.676 e. The summed E-state index contributed by atoms with van der Waals surface area (Å²) in [7, 11) is -3.67. The Morgan fingerprint density at radius 1 is 1.14 bits per heavy atom. The van der Waals surface area contributed by atoms with Crippen molar-refractivity contribution in [3.63, 3.8) is 0 Å². The summed E-state index contributed by atoms with van der Waals surface area (Å²) in [6.07, 6.45) is 4.96. The first kappa shape index (κ1) is 16.9. The molecule has 2 unspecified atom stereocenters. The molecule has 0 aromatic rings. The van der Waals surface area contributed by atoms with E-state index >= 15 is 0 Å². The Morgan fingerprint density at radius 3 is 1.50 bits per heavy atom. The van der Waals surface area contributed by atoms with Gasteiger partial charge in [0.25, 0.3) is 10.1 Å². The molecule has 0 aromatic carbocycles. The van der Waals surface area contributed by atoms with E-state index in [9.17, 15) is 8.42 Å². The van der Waals surface area contributed by atoms with Crippen molar-refractivity contribution in [2.45, 2.75) is 37.8 Å². The summed E-state index contributed by atoms with van der Waals surface area (Å²) in [6.45, 7) is 0. The predicted molar refractivity (Wildman–Crippen MR) is 52.2 cm³/mol. The second kappa shape index (κ2) is 7.76. The number of hydrogen-bond acceptors (Lipinski definition) is 2. The maximum absolute atomic E-state index is 9.19. The Balaban J connectivity index is 0. The fourth-order valence-electron chi connectivity index (χ4n) is 1.13. The summed E-state index contributed by atoms with van der Waals surface area (Å²) in [5, 5.41) is 0. The van der Waals surface area contributed by atoms with Gasteiger partial charge in [-0.15, -0.1) is 0 Å². The molecule has 0 saturated heterocycles. The number of rotatable bonds is 0. The third kappa shape index (κ3) is 12.5. The molecule has 3 N–H and O–H groups in total. The fraction of sp³-hybridized carbons (Fsp3) is 1.00. The Hall–Kier alpha value is 0.518. The van der Waals surface area contributed by atoms with Crippen LogP contribution in [-0.2, 0) is 31.2 Å². The SMILES string of the molecule is CS(=O)(=O)O.[NH-]C1CCCCC1[NH-].[Pt+2]. The number of hydrogen-bond donors (Lipinski definition) is 1. The van der Waals surface area contributed by atoms with Crippen LogP contribution in [0.5, 0.6) is 0 Å². The zero-order valence-electron chi connectivity index (χ0n) is 7.97. The maximum atomic E-state index is 9.19. The van der Waals surface area contributed by atoms with Gasteiger partial charge in [-0.1, -0.05) is 25.7 Å². The molecule has 2 atom stereocenters. The van der Waals surface area contributed by atoms with Gasteiger partial charge >= 0.3 is 21.1 Å². The molecule has 1 aliphatic carbocycles. The van der Waals surface area contributed by atoms with E-state index in [4.69, 9.17) is 16.0 Å². The average Bonchev–Trinajstić information content (AvgIpc) is 1.92. The molecule has 1 saturated carbocycles. The van der Waals surface area contributed by atoms with Gasteiger partial charge in [0.1, 0.15) is 0 Å². The van der Waals surface area contributed by atoms with Crippen molar-refractivity contribution in [2.75, 3.05) is 6.26 Å². The van der Waals surface area contributed by atoms with E-state index in [0.29, 0.717) is 6.26 Å². The van der Waals surface area contributed by atoms with Crippen LogP contribution in [-0.4, -0.2) is 31.3 Å². The van der Waals surface area contributed by atoms with Crippen LogP contribution < -0.4 is 0 Å². The van der Waals surface area contributed by atoms with E-state index in [1.807, 2.05) is 0 Å². The van der Waals surface area contributed by atoms with Gasteiger partial charge in [-0.3, -0.25) is 4.55 Å². The summed E-state index contributed by atoms with van der Waals surface area (Å²) in [4.78, 5) is 0. The molecule has 5 nitrogen and oxygen atoms in total. The van der Waals surface area contributed by atoms with E-state index in [1.165, 1.54) is 12.8 Å². The van der Waals surface area contributed by atoms with Gasteiger partial charge in [0.15, 0.2) is 0 Å². The molecule has 1 aliphatic rings. The average molecular weight is 403 g/mol. The van der Waals surface area contributed by atoms with Crippen LogP contribution in [0.2, 0.25) is 0 Å². The molecule has 88 valence electrons. The molecule has 0 amide bonds. The van der Waals surface area contributed by atoms with Crippen molar-refractivity contribution in [1.29, 1.82) is 0 Å². The zero-order chi connectivity index (χ0) is 10.5. The van der Waals surface area contributed by atoms with Crippen molar-refractivity contribution in [2.24, 2.45) is 0 Å². The molecule has 1 rings (SSSR count). The molecule has 0 aliphatic heterocycles. The summed E-state index contributed by atoms with van der Waals surface area (Å²) in [5.41, 5.74) is 14.6. The van der Waals surface area contributed by atoms with Gasteiger partial charge in [0, 0.05) is 0 Å². The molecule has 1 fully saturated rings. The van der Waals surface area contributed by atoms with Crippen molar-refractivity contribution in [1.82, 2.24) is 0 Å². The summed E-state index contributed by atoms with van der Waals surface area (Å²) in [6, 6.07) is -0.160. The molecule has 0 bridgehead atoms. The van der Waals surface area contributed by atoms with Crippen molar-refractivity contribution < 1.29 is 34.0 Å². The second-order valence-electron chi connectivity index (χ2n) is 3.23. The Labute approximate surface area is 99.6 Å². The summed E-state index contributed by atoms with van der Waals surface area (Å²) in [5.74, 6) is 0. The molecule has 0 radical (unpaired) electrons. The van der Waals surface area contributed by atoms with Crippen molar-refractivity contribution in [3.05, 3.63) is 11.5 Å². The maximum Gasteiger partial charge on any atom is 2.00 e. The molecule has 0 heterocycles.